The third kappa shape index (κ3) is 6.69. The van der Waals surface area contributed by atoms with Crippen molar-refractivity contribution in [2.75, 3.05) is 52.5 Å². The first-order valence-corrected chi connectivity index (χ1v) is 10.9. The number of ether oxygens (including phenoxy) is 1. The molecule has 182 valence electrons. The van der Waals surface area contributed by atoms with Crippen molar-refractivity contribution in [1.29, 1.82) is 0 Å². The second-order valence-corrected chi connectivity index (χ2v) is 8.31. The van der Waals surface area contributed by atoms with Crippen LogP contribution in [-0.4, -0.2) is 80.5 Å². The number of nitrogens with zero attached hydrogens (tertiary/aromatic N) is 3. The number of nitrogens with one attached hydrogen (secondary N) is 1. The monoisotopic (exact) mass is 572 g/mol. The third-order valence-corrected chi connectivity index (χ3v) is 6.41. The zero-order chi connectivity index (χ0) is 22.5. The van der Waals surface area contributed by atoms with Crippen LogP contribution in [0.25, 0.3) is 0 Å². The highest BCUT2D eigenvalue weighted by Crippen LogP contribution is 2.35. The van der Waals surface area contributed by atoms with Crippen molar-refractivity contribution >= 4 is 29.9 Å². The van der Waals surface area contributed by atoms with Gasteiger partial charge in [-0.15, -0.1) is 24.0 Å². The molecule has 1 aromatic rings. The van der Waals surface area contributed by atoms with Crippen LogP contribution in [0.2, 0.25) is 0 Å². The van der Waals surface area contributed by atoms with Gasteiger partial charge in [0, 0.05) is 51.4 Å². The number of hydrogen-bond donors (Lipinski definition) is 1. The van der Waals surface area contributed by atoms with Crippen LogP contribution >= 0.6 is 24.0 Å². The van der Waals surface area contributed by atoms with Gasteiger partial charge in [0.15, 0.2) is 5.96 Å². The van der Waals surface area contributed by atoms with E-state index < -0.39 is 12.2 Å². The van der Waals surface area contributed by atoms with Gasteiger partial charge in [-0.25, -0.2) is 4.39 Å². The molecule has 10 heteroatoms. The molecule has 1 N–H and O–H groups in total. The van der Waals surface area contributed by atoms with Gasteiger partial charge < -0.3 is 15.0 Å². The number of piperazine rings is 1. The van der Waals surface area contributed by atoms with E-state index in [1.54, 1.807) is 0 Å². The maximum atomic E-state index is 13.5. The fraction of sp³-hybridized carbons (Fsp3) is 0.682. The Labute approximate surface area is 204 Å². The Morgan fingerprint density at radius 1 is 1.12 bits per heavy atom. The molecule has 0 radical (unpaired) electrons. The number of guanidine groups is 1. The van der Waals surface area contributed by atoms with Crippen LogP contribution in [-0.2, 0) is 10.2 Å². The van der Waals surface area contributed by atoms with Crippen LogP contribution in [0.15, 0.2) is 29.3 Å². The topological polar surface area (TPSA) is 40.1 Å². The van der Waals surface area contributed by atoms with Gasteiger partial charge in [0.05, 0.1) is 6.54 Å². The molecule has 5 nitrogen and oxygen atoms in total. The molecule has 2 aliphatic heterocycles. The van der Waals surface area contributed by atoms with Gasteiger partial charge in [-0.3, -0.25) is 9.89 Å². The largest absolute Gasteiger partial charge is 0.403 e. The molecule has 2 aliphatic rings. The summed E-state index contributed by atoms with van der Waals surface area (Å²) >= 11 is 0. The first-order chi connectivity index (χ1) is 14.7. The van der Waals surface area contributed by atoms with Crippen molar-refractivity contribution in [2.45, 2.75) is 44.3 Å². The molecule has 1 aromatic carbocycles. The van der Waals surface area contributed by atoms with Gasteiger partial charge in [-0.05, 0) is 44.4 Å². The minimum absolute atomic E-state index is 0. The molecule has 2 fully saturated rings. The first kappa shape index (κ1) is 27.1. The second kappa shape index (κ2) is 11.8. The zero-order valence-electron chi connectivity index (χ0n) is 18.6. The lowest BCUT2D eigenvalue weighted by atomic mass is 9.74. The molecule has 0 bridgehead atoms. The molecule has 0 spiro atoms. The lowest BCUT2D eigenvalue weighted by molar-refractivity contribution is -0.181. The fourth-order valence-corrected chi connectivity index (χ4v) is 4.28. The smallest absolute Gasteiger partial charge is 0.381 e. The Hall–Kier alpha value is -1.14. The molecule has 0 aliphatic carbocycles. The average Bonchev–Trinajstić information content (AvgIpc) is 2.77. The summed E-state index contributed by atoms with van der Waals surface area (Å²) in [6.07, 6.45) is -2.64. The Bertz CT molecular complexity index is 730. The van der Waals surface area contributed by atoms with E-state index in [2.05, 4.69) is 5.32 Å². The molecule has 0 aromatic heterocycles. The molecular weight excluding hydrogens is 539 g/mol. The van der Waals surface area contributed by atoms with Crippen LogP contribution in [0.3, 0.4) is 0 Å². The number of rotatable bonds is 5. The van der Waals surface area contributed by atoms with Gasteiger partial charge >= 0.3 is 6.18 Å². The van der Waals surface area contributed by atoms with E-state index in [9.17, 15) is 17.6 Å². The van der Waals surface area contributed by atoms with E-state index in [0.29, 0.717) is 52.5 Å². The van der Waals surface area contributed by atoms with E-state index in [1.807, 2.05) is 24.0 Å². The Balaban J connectivity index is 0.00000363. The zero-order valence-corrected chi connectivity index (χ0v) is 21.0. The van der Waals surface area contributed by atoms with Gasteiger partial charge in [0.1, 0.15) is 11.9 Å². The summed E-state index contributed by atoms with van der Waals surface area (Å²) < 4.78 is 58.1. The summed E-state index contributed by atoms with van der Waals surface area (Å²) in [5.74, 6) is 0.448. The van der Waals surface area contributed by atoms with Crippen LogP contribution < -0.4 is 5.32 Å². The first-order valence-electron chi connectivity index (χ1n) is 10.9. The fourth-order valence-electron chi connectivity index (χ4n) is 4.28. The number of halogens is 5. The summed E-state index contributed by atoms with van der Waals surface area (Å²) in [5, 5.41) is 3.29. The SMILES string of the molecule is CCNC(=NCC1(c2ccc(F)cc2)CCOCC1)N1CCN(C(C)C(F)(F)F)CC1.I. The van der Waals surface area contributed by atoms with Crippen molar-refractivity contribution < 1.29 is 22.3 Å². The lowest BCUT2D eigenvalue weighted by Crippen LogP contribution is -2.57. The Morgan fingerprint density at radius 2 is 1.72 bits per heavy atom. The van der Waals surface area contributed by atoms with Crippen LogP contribution in [0.5, 0.6) is 0 Å². The number of benzene rings is 1. The summed E-state index contributed by atoms with van der Waals surface area (Å²) in [4.78, 5) is 8.39. The number of hydrogen-bond acceptors (Lipinski definition) is 3. The quantitative estimate of drug-likeness (QED) is 0.251. The van der Waals surface area contributed by atoms with Crippen molar-refractivity contribution in [1.82, 2.24) is 15.1 Å². The van der Waals surface area contributed by atoms with Gasteiger partial charge in [0.2, 0.25) is 0 Å². The van der Waals surface area contributed by atoms with Crippen LogP contribution in [0.1, 0.15) is 32.3 Å². The van der Waals surface area contributed by atoms with E-state index in [1.165, 1.54) is 24.0 Å². The van der Waals surface area contributed by atoms with E-state index in [4.69, 9.17) is 9.73 Å². The second-order valence-electron chi connectivity index (χ2n) is 8.31. The average molecular weight is 572 g/mol. The maximum absolute atomic E-state index is 13.5. The van der Waals surface area contributed by atoms with E-state index in [0.717, 1.165) is 24.4 Å². The van der Waals surface area contributed by atoms with E-state index >= 15 is 0 Å². The molecule has 3 rings (SSSR count). The molecule has 1 unspecified atom stereocenters. The molecular formula is C22H33F4IN4O. The minimum Gasteiger partial charge on any atom is -0.381 e. The maximum Gasteiger partial charge on any atom is 0.403 e. The summed E-state index contributed by atoms with van der Waals surface area (Å²) in [7, 11) is 0. The third-order valence-electron chi connectivity index (χ3n) is 6.41. The normalized spacial score (nSPS) is 21.1. The van der Waals surface area contributed by atoms with Crippen molar-refractivity contribution in [2.24, 2.45) is 4.99 Å². The van der Waals surface area contributed by atoms with E-state index in [-0.39, 0.29) is 35.2 Å². The molecule has 32 heavy (non-hydrogen) atoms. The Morgan fingerprint density at radius 3 is 2.25 bits per heavy atom. The van der Waals surface area contributed by atoms with Crippen LogP contribution in [0.4, 0.5) is 17.6 Å². The Kier molecular flexibility index (Phi) is 10.0. The van der Waals surface area contributed by atoms with Gasteiger partial charge in [-0.2, -0.15) is 13.2 Å². The summed E-state index contributed by atoms with van der Waals surface area (Å²) in [6, 6.07) is 5.14. The molecule has 0 saturated carbocycles. The summed E-state index contributed by atoms with van der Waals surface area (Å²) in [6.45, 7) is 7.26. The molecule has 2 saturated heterocycles. The van der Waals surface area contributed by atoms with Gasteiger partial charge in [0.25, 0.3) is 0 Å². The molecule has 0 amide bonds. The van der Waals surface area contributed by atoms with Crippen molar-refractivity contribution in [3.8, 4) is 0 Å². The number of alkyl halides is 3. The predicted molar refractivity (Wildman–Crippen MR) is 128 cm³/mol. The highest BCUT2D eigenvalue weighted by atomic mass is 127. The highest BCUT2D eigenvalue weighted by molar-refractivity contribution is 14.0. The van der Waals surface area contributed by atoms with Crippen molar-refractivity contribution in [3.05, 3.63) is 35.6 Å². The van der Waals surface area contributed by atoms with Gasteiger partial charge in [-0.1, -0.05) is 12.1 Å². The predicted octanol–water partition coefficient (Wildman–Crippen LogP) is 4.03. The minimum atomic E-state index is -4.22. The molecule has 1 atom stereocenters. The molecule has 2 heterocycles. The van der Waals surface area contributed by atoms with Crippen molar-refractivity contribution in [3.63, 3.8) is 0 Å². The lowest BCUT2D eigenvalue weighted by Gasteiger charge is -2.40. The number of aliphatic imine (C=N–C) groups is 1. The van der Waals surface area contributed by atoms with Crippen LogP contribution in [0, 0.1) is 5.82 Å². The highest BCUT2D eigenvalue weighted by Gasteiger charge is 2.41. The standard InChI is InChI=1S/C22H32F4N4O.HI/c1-3-27-20(30-12-10-29(11-13-30)17(2)22(24,25)26)28-16-21(8-14-31-15-9-21)18-4-6-19(23)7-5-18;/h4-7,17H,3,8-16H2,1-2H3,(H,27,28);1H. The summed E-state index contributed by atoms with van der Waals surface area (Å²) in [5.41, 5.74) is 0.805.